The van der Waals surface area contributed by atoms with Gasteiger partial charge in [0.1, 0.15) is 0 Å². The van der Waals surface area contributed by atoms with E-state index in [1.807, 2.05) is 0 Å². The standard InChI is InChI=1S/3C16H35O2PS2.Na.Zn/c3*1-5-9-11-15(7-3)13-18-19(17,20)21-14-16(8-4)12-10-6-2;;/h3*15-16H,5-14H2,1-4H3,(H,17,20);;/q;;;+1;+2/p-3. The average Bonchev–Trinajstić information content (AvgIpc) is 3.27. The van der Waals surface area contributed by atoms with Crippen molar-refractivity contribution in [2.75, 3.05) is 37.1 Å². The Labute approximate surface area is 468 Å². The summed E-state index contributed by atoms with van der Waals surface area (Å²) in [7, 11) is 0. The molecule has 0 aromatic heterocycles. The zero-order chi connectivity index (χ0) is 48.4. The van der Waals surface area contributed by atoms with Crippen molar-refractivity contribution < 1.29 is 77.3 Å². The van der Waals surface area contributed by atoms with Gasteiger partial charge in [-0.05, 0) is 74.0 Å². The minimum Gasteiger partial charge on any atom is -0.793 e. The van der Waals surface area contributed by atoms with Crippen LogP contribution in [-0.4, -0.2) is 37.1 Å². The van der Waals surface area contributed by atoms with Gasteiger partial charge in [-0.1, -0.05) is 234 Å². The summed E-state index contributed by atoms with van der Waals surface area (Å²) in [5.74, 6) is 6.01. The van der Waals surface area contributed by atoms with Crippen LogP contribution in [0.1, 0.15) is 237 Å². The zero-order valence-electron chi connectivity index (χ0n) is 44.6. The van der Waals surface area contributed by atoms with Crippen molar-refractivity contribution in [3.05, 3.63) is 0 Å². The molecule has 0 saturated heterocycles. The summed E-state index contributed by atoms with van der Waals surface area (Å²) in [5.41, 5.74) is -8.67. The summed E-state index contributed by atoms with van der Waals surface area (Å²) in [6.07, 6.45) is 28.4. The second-order valence-corrected chi connectivity index (χ2v) is 35.9. The molecular weight excluding hydrogens is 1050 g/mol. The van der Waals surface area contributed by atoms with E-state index in [4.69, 9.17) is 49.0 Å². The molecule has 0 aromatic rings. The molecule has 17 heteroatoms. The van der Waals surface area contributed by atoms with Gasteiger partial charge in [-0.3, -0.25) is 0 Å². The Morgan fingerprint density at radius 2 is 0.523 bits per heavy atom. The van der Waals surface area contributed by atoms with Crippen molar-refractivity contribution in [3.63, 3.8) is 0 Å². The fourth-order valence-electron chi connectivity index (χ4n) is 6.68. The van der Waals surface area contributed by atoms with Gasteiger partial charge in [0, 0.05) is 34.3 Å². The van der Waals surface area contributed by atoms with E-state index in [-0.39, 0.29) is 49.0 Å². The number of unbranched alkanes of at least 4 members (excludes halogenated alkanes) is 6. The van der Waals surface area contributed by atoms with Crippen LogP contribution in [0.5, 0.6) is 0 Å². The maximum Gasteiger partial charge on any atom is 2.00 e. The maximum absolute atomic E-state index is 12.4. The van der Waals surface area contributed by atoms with Crippen molar-refractivity contribution in [2.45, 2.75) is 237 Å². The Hall–Kier alpha value is 4.38. The molecule has 0 aliphatic carbocycles. The van der Waals surface area contributed by atoms with Crippen molar-refractivity contribution in [1.82, 2.24) is 0 Å². The molecule has 0 rings (SSSR count). The molecule has 0 radical (unpaired) electrons. The first-order valence-electron chi connectivity index (χ1n) is 25.8. The summed E-state index contributed by atoms with van der Waals surface area (Å²) < 4.78 is 16.8. The van der Waals surface area contributed by atoms with Crippen LogP contribution in [0, 0.1) is 35.5 Å². The molecular formula is C48H102NaO6P3S6Zn. The Kier molecular flexibility index (Phi) is 64.1. The average molecular weight is 1150 g/mol. The van der Waals surface area contributed by atoms with Gasteiger partial charge in [-0.15, -0.1) is 34.1 Å². The van der Waals surface area contributed by atoms with Crippen LogP contribution >= 0.6 is 51.2 Å². The Morgan fingerprint density at radius 3 is 0.677 bits per heavy atom. The largest absolute Gasteiger partial charge is 2.00 e. The summed E-state index contributed by atoms with van der Waals surface area (Å²) in [5, 5.41) is 0. The van der Waals surface area contributed by atoms with Gasteiger partial charge in [0.15, 0.2) is 0 Å². The van der Waals surface area contributed by atoms with Gasteiger partial charge < -0.3 is 28.3 Å². The summed E-state index contributed by atoms with van der Waals surface area (Å²) in [4.78, 5) is 37.1. The fraction of sp³-hybridized carbons (Fsp3) is 1.00. The van der Waals surface area contributed by atoms with E-state index in [0.717, 1.165) is 75.0 Å². The van der Waals surface area contributed by atoms with E-state index < -0.39 is 17.1 Å². The van der Waals surface area contributed by atoms with Gasteiger partial charge >= 0.3 is 49.0 Å². The Bertz CT molecular complexity index is 938. The monoisotopic (exact) mass is 1150 g/mol. The Balaban J connectivity index is -0.000000273. The molecule has 9 unspecified atom stereocenters. The van der Waals surface area contributed by atoms with Crippen LogP contribution in [0.15, 0.2) is 0 Å². The SMILES string of the molecule is CCCCC(CC)COP([O-])(=S)SCC(CC)CCCC.CCCCC(CC)COP([O-])(=S)SCC(CC)CCCC.CCCCC(CC)COP([O-])(=S)SCC(CC)CCCC.[Na+].[Zn+2]. The zero-order valence-corrected chi connectivity index (χ0v) is 57.2. The van der Waals surface area contributed by atoms with E-state index in [1.54, 1.807) is 0 Å². The molecule has 0 bridgehead atoms. The molecule has 0 spiro atoms. The molecule has 0 fully saturated rings. The van der Waals surface area contributed by atoms with Crippen LogP contribution < -0.4 is 44.2 Å². The van der Waals surface area contributed by atoms with E-state index in [2.05, 4.69) is 83.1 Å². The summed E-state index contributed by atoms with van der Waals surface area (Å²) >= 11 is 19.8. The van der Waals surface area contributed by atoms with Crippen LogP contribution in [0.2, 0.25) is 0 Å². The van der Waals surface area contributed by atoms with Crippen molar-refractivity contribution in [1.29, 1.82) is 0 Å². The van der Waals surface area contributed by atoms with Crippen molar-refractivity contribution >= 4 is 86.6 Å². The van der Waals surface area contributed by atoms with Crippen LogP contribution in [0.3, 0.4) is 0 Å². The third kappa shape index (κ3) is 51.7. The van der Waals surface area contributed by atoms with Gasteiger partial charge in [-0.25, -0.2) is 0 Å². The predicted molar refractivity (Wildman–Crippen MR) is 298 cm³/mol. The molecule has 0 amide bonds. The van der Waals surface area contributed by atoms with Crippen molar-refractivity contribution in [3.8, 4) is 0 Å². The first-order chi connectivity index (χ1) is 30.0. The van der Waals surface area contributed by atoms with Crippen molar-refractivity contribution in [2.24, 2.45) is 35.5 Å². The normalized spacial score (nSPS) is 16.8. The van der Waals surface area contributed by atoms with Gasteiger partial charge in [0.25, 0.3) is 0 Å². The number of hydrogen-bond acceptors (Lipinski definition) is 12. The van der Waals surface area contributed by atoms with Crippen LogP contribution in [0.4, 0.5) is 0 Å². The molecule has 0 saturated carbocycles. The first-order valence-corrected chi connectivity index (χ1v) is 38.4. The molecule has 0 N–H and O–H groups in total. The maximum atomic E-state index is 12.4. The third-order valence-electron chi connectivity index (χ3n) is 12.1. The molecule has 0 heterocycles. The minimum atomic E-state index is -2.89. The predicted octanol–water partition coefficient (Wildman–Crippen LogP) is 14.3. The summed E-state index contributed by atoms with van der Waals surface area (Å²) in [6.45, 7) is 28.0. The topological polar surface area (TPSA) is 96.9 Å². The molecule has 65 heavy (non-hydrogen) atoms. The van der Waals surface area contributed by atoms with Gasteiger partial charge in [0.2, 0.25) is 0 Å². The van der Waals surface area contributed by atoms with Gasteiger partial charge in [-0.2, -0.15) is 0 Å². The molecule has 0 aliphatic rings. The summed E-state index contributed by atoms with van der Waals surface area (Å²) in [6, 6.07) is 0. The fourth-order valence-corrected chi connectivity index (χ4v) is 17.4. The Morgan fingerprint density at radius 1 is 0.354 bits per heavy atom. The van der Waals surface area contributed by atoms with E-state index >= 15 is 0 Å². The molecule has 384 valence electrons. The van der Waals surface area contributed by atoms with Gasteiger partial charge in [0.05, 0.1) is 19.8 Å². The van der Waals surface area contributed by atoms with Crippen LogP contribution in [-0.2, 0) is 68.5 Å². The number of hydrogen-bond donors (Lipinski definition) is 0. The van der Waals surface area contributed by atoms with Crippen LogP contribution in [0.25, 0.3) is 0 Å². The minimum absolute atomic E-state index is 0. The second-order valence-electron chi connectivity index (χ2n) is 17.6. The first kappa shape index (κ1) is 78.3. The molecule has 0 aliphatic heterocycles. The van der Waals surface area contributed by atoms with E-state index in [9.17, 15) is 14.7 Å². The smallest absolute Gasteiger partial charge is 0.793 e. The molecule has 0 aromatic carbocycles. The van der Waals surface area contributed by atoms with E-state index in [0.29, 0.717) is 55.3 Å². The number of rotatable bonds is 42. The van der Waals surface area contributed by atoms with E-state index in [1.165, 1.54) is 130 Å². The second kappa shape index (κ2) is 53.2. The molecule has 9 atom stereocenters. The third-order valence-corrected chi connectivity index (χ3v) is 25.2. The molecule has 6 nitrogen and oxygen atoms in total. The quantitative estimate of drug-likeness (QED) is 0.0430.